The summed E-state index contributed by atoms with van der Waals surface area (Å²) in [5.41, 5.74) is 0.538. The summed E-state index contributed by atoms with van der Waals surface area (Å²) in [6, 6.07) is 4.95. The molecule has 1 aromatic carbocycles. The highest BCUT2D eigenvalue weighted by Crippen LogP contribution is 2.39. The van der Waals surface area contributed by atoms with Gasteiger partial charge in [-0.3, -0.25) is 4.79 Å². The molecule has 0 N–H and O–H groups in total. The van der Waals surface area contributed by atoms with E-state index >= 15 is 0 Å². The Hall–Kier alpha value is -3.16. The highest BCUT2D eigenvalue weighted by molar-refractivity contribution is 6.15. The van der Waals surface area contributed by atoms with Crippen molar-refractivity contribution in [1.29, 1.82) is 0 Å². The Morgan fingerprint density at radius 3 is 2.91 bits per heavy atom. The predicted octanol–water partition coefficient (Wildman–Crippen LogP) is 1.95. The second-order valence-electron chi connectivity index (χ2n) is 4.60. The Morgan fingerprint density at radius 1 is 1.45 bits per heavy atom. The van der Waals surface area contributed by atoms with E-state index in [-0.39, 0.29) is 23.1 Å². The van der Waals surface area contributed by atoms with Crippen LogP contribution in [0.2, 0.25) is 0 Å². The fraction of sp³-hybridized carbons (Fsp3) is 0.143. The fourth-order valence-corrected chi connectivity index (χ4v) is 2.20. The van der Waals surface area contributed by atoms with Gasteiger partial charge in [-0.05, 0) is 22.0 Å². The van der Waals surface area contributed by atoms with Gasteiger partial charge in [0.2, 0.25) is 12.1 Å². The van der Waals surface area contributed by atoms with E-state index in [1.54, 1.807) is 25.2 Å². The van der Waals surface area contributed by atoms with E-state index in [2.05, 4.69) is 4.98 Å². The molecule has 2 aromatic rings. The van der Waals surface area contributed by atoms with Crippen molar-refractivity contribution in [3.05, 3.63) is 51.7 Å². The SMILES string of the molecule is COc1cccc2c1O/C(=C\c1c([N+](=O)[O-])ncn1C)C2=O. The minimum absolute atomic E-state index is 0.00815. The molecule has 112 valence electrons. The zero-order valence-electron chi connectivity index (χ0n) is 11.8. The number of rotatable bonds is 3. The molecule has 22 heavy (non-hydrogen) atoms. The van der Waals surface area contributed by atoms with Crippen LogP contribution in [0.3, 0.4) is 0 Å². The first-order chi connectivity index (χ1) is 10.5. The molecule has 0 amide bonds. The third-order valence-electron chi connectivity index (χ3n) is 3.28. The van der Waals surface area contributed by atoms with Crippen LogP contribution in [0, 0.1) is 10.1 Å². The van der Waals surface area contributed by atoms with Gasteiger partial charge >= 0.3 is 5.82 Å². The molecular weight excluding hydrogens is 290 g/mol. The lowest BCUT2D eigenvalue weighted by molar-refractivity contribution is -0.389. The molecular formula is C14H11N3O5. The van der Waals surface area contributed by atoms with Gasteiger partial charge in [-0.15, -0.1) is 0 Å². The zero-order valence-corrected chi connectivity index (χ0v) is 11.8. The van der Waals surface area contributed by atoms with Gasteiger partial charge in [0.1, 0.15) is 5.69 Å². The molecule has 1 aliphatic heterocycles. The summed E-state index contributed by atoms with van der Waals surface area (Å²) in [4.78, 5) is 26.4. The van der Waals surface area contributed by atoms with Crippen molar-refractivity contribution >= 4 is 17.7 Å². The molecule has 0 aliphatic carbocycles. The standard InChI is InChI=1S/C14H11N3O5/c1-16-7-15-14(17(19)20)9(16)6-11-12(18)8-4-3-5-10(21-2)13(8)22-11/h3-7H,1-2H3/b11-6-. The van der Waals surface area contributed by atoms with Crippen LogP contribution in [-0.4, -0.2) is 27.4 Å². The number of nitrogens with zero attached hydrogens (tertiary/aromatic N) is 3. The molecule has 0 saturated carbocycles. The van der Waals surface area contributed by atoms with Crippen LogP contribution in [0.15, 0.2) is 30.3 Å². The van der Waals surface area contributed by atoms with Gasteiger partial charge in [-0.1, -0.05) is 6.07 Å². The number of ketones is 1. The number of para-hydroxylation sites is 1. The molecule has 0 unspecified atom stereocenters. The molecule has 0 fully saturated rings. The first kappa shape index (κ1) is 13.8. The molecule has 8 heteroatoms. The van der Waals surface area contributed by atoms with Gasteiger partial charge in [0.25, 0.3) is 0 Å². The average Bonchev–Trinajstić information content (AvgIpc) is 3.01. The lowest BCUT2D eigenvalue weighted by Crippen LogP contribution is -2.01. The maximum atomic E-state index is 12.3. The number of hydrogen-bond donors (Lipinski definition) is 0. The molecule has 0 saturated heterocycles. The molecule has 0 bridgehead atoms. The van der Waals surface area contributed by atoms with Crippen LogP contribution in [0.1, 0.15) is 16.1 Å². The monoisotopic (exact) mass is 301 g/mol. The Balaban J connectivity index is 2.07. The van der Waals surface area contributed by atoms with Crippen molar-refractivity contribution in [2.45, 2.75) is 0 Å². The van der Waals surface area contributed by atoms with Gasteiger partial charge in [0.15, 0.2) is 17.3 Å². The number of carbonyl (C=O) groups excluding carboxylic acids is 1. The number of aryl methyl sites for hydroxylation is 1. The predicted molar refractivity (Wildman–Crippen MR) is 75.8 cm³/mol. The van der Waals surface area contributed by atoms with Crippen molar-refractivity contribution in [2.24, 2.45) is 7.05 Å². The van der Waals surface area contributed by atoms with Crippen LogP contribution in [0.25, 0.3) is 6.08 Å². The van der Waals surface area contributed by atoms with Crippen LogP contribution < -0.4 is 9.47 Å². The number of hydrogen-bond acceptors (Lipinski definition) is 6. The molecule has 0 spiro atoms. The summed E-state index contributed by atoms with van der Waals surface area (Å²) in [5.74, 6) is 0.0322. The average molecular weight is 301 g/mol. The summed E-state index contributed by atoms with van der Waals surface area (Å²) in [6.07, 6.45) is 2.62. The van der Waals surface area contributed by atoms with Gasteiger partial charge in [-0.2, -0.15) is 0 Å². The van der Waals surface area contributed by atoms with E-state index in [9.17, 15) is 14.9 Å². The van der Waals surface area contributed by atoms with E-state index in [1.165, 1.54) is 24.1 Å². The Bertz CT molecular complexity index is 822. The second-order valence-corrected chi connectivity index (χ2v) is 4.60. The third kappa shape index (κ3) is 2.01. The van der Waals surface area contributed by atoms with E-state index in [0.29, 0.717) is 17.1 Å². The number of Topliss-reactive ketones (excluding diaryl/α,β-unsaturated/α-hetero) is 1. The summed E-state index contributed by atoms with van der Waals surface area (Å²) in [7, 11) is 3.07. The number of fused-ring (bicyclic) bond motifs is 1. The minimum atomic E-state index is -0.612. The number of carbonyl (C=O) groups is 1. The maximum absolute atomic E-state index is 12.3. The quantitative estimate of drug-likeness (QED) is 0.488. The molecule has 2 heterocycles. The fourth-order valence-electron chi connectivity index (χ4n) is 2.20. The molecule has 0 radical (unpaired) electrons. The third-order valence-corrected chi connectivity index (χ3v) is 3.28. The second kappa shape index (κ2) is 4.99. The Morgan fingerprint density at radius 2 is 2.23 bits per heavy atom. The summed E-state index contributed by atoms with van der Waals surface area (Å²) < 4.78 is 12.1. The van der Waals surface area contributed by atoms with Crippen LogP contribution in [0.5, 0.6) is 11.5 Å². The highest BCUT2D eigenvalue weighted by atomic mass is 16.6. The number of methoxy groups -OCH3 is 1. The number of nitro groups is 1. The number of benzene rings is 1. The topological polar surface area (TPSA) is 96.5 Å². The maximum Gasteiger partial charge on any atom is 0.389 e. The summed E-state index contributed by atoms with van der Waals surface area (Å²) in [5, 5.41) is 11.0. The van der Waals surface area contributed by atoms with Crippen LogP contribution >= 0.6 is 0 Å². The molecule has 3 rings (SSSR count). The number of ether oxygens (including phenoxy) is 2. The van der Waals surface area contributed by atoms with E-state index < -0.39 is 4.92 Å². The lowest BCUT2D eigenvalue weighted by Gasteiger charge is -2.04. The van der Waals surface area contributed by atoms with E-state index in [0.717, 1.165) is 0 Å². The van der Waals surface area contributed by atoms with Crippen LogP contribution in [-0.2, 0) is 7.05 Å². The summed E-state index contributed by atoms with van der Waals surface area (Å²) in [6.45, 7) is 0. The zero-order chi connectivity index (χ0) is 15.9. The summed E-state index contributed by atoms with van der Waals surface area (Å²) >= 11 is 0. The molecule has 8 nitrogen and oxygen atoms in total. The molecule has 1 aromatic heterocycles. The van der Waals surface area contributed by atoms with Crippen LogP contribution in [0.4, 0.5) is 5.82 Å². The number of allylic oxidation sites excluding steroid dienone is 1. The normalized spacial score (nSPS) is 14.8. The van der Waals surface area contributed by atoms with Crippen molar-refractivity contribution in [2.75, 3.05) is 7.11 Å². The van der Waals surface area contributed by atoms with Crippen molar-refractivity contribution in [3.63, 3.8) is 0 Å². The van der Waals surface area contributed by atoms with Gasteiger partial charge in [0, 0.05) is 13.1 Å². The first-order valence-corrected chi connectivity index (χ1v) is 6.30. The van der Waals surface area contributed by atoms with Gasteiger partial charge < -0.3 is 24.2 Å². The largest absolute Gasteiger partial charge is 0.493 e. The van der Waals surface area contributed by atoms with E-state index in [1.807, 2.05) is 0 Å². The smallest absolute Gasteiger partial charge is 0.389 e. The Labute approximate surface area is 124 Å². The molecule has 0 atom stereocenters. The van der Waals surface area contributed by atoms with Crippen molar-refractivity contribution < 1.29 is 19.2 Å². The van der Waals surface area contributed by atoms with Gasteiger partial charge in [0.05, 0.1) is 12.7 Å². The molecule has 1 aliphatic rings. The lowest BCUT2D eigenvalue weighted by atomic mass is 10.1. The number of imidazole rings is 1. The first-order valence-electron chi connectivity index (χ1n) is 6.30. The minimum Gasteiger partial charge on any atom is -0.493 e. The number of aromatic nitrogens is 2. The van der Waals surface area contributed by atoms with Gasteiger partial charge in [-0.25, -0.2) is 0 Å². The van der Waals surface area contributed by atoms with E-state index in [4.69, 9.17) is 9.47 Å². The van der Waals surface area contributed by atoms with Crippen molar-refractivity contribution in [3.8, 4) is 11.5 Å². The Kier molecular flexibility index (Phi) is 3.13. The highest BCUT2D eigenvalue weighted by Gasteiger charge is 2.31. The van der Waals surface area contributed by atoms with Crippen molar-refractivity contribution in [1.82, 2.24) is 9.55 Å².